The molecule has 0 bridgehead atoms. The molecule has 7 nitrogen and oxygen atoms in total. The van der Waals surface area contributed by atoms with Crippen molar-refractivity contribution in [3.05, 3.63) is 67.9 Å². The second-order valence-corrected chi connectivity index (χ2v) is 7.57. The summed E-state index contributed by atoms with van der Waals surface area (Å²) in [5, 5.41) is 16.0. The second kappa shape index (κ2) is 7.92. The second-order valence-electron chi connectivity index (χ2n) is 5.40. The average Bonchev–Trinajstić information content (AvgIpc) is 3.10. The molecule has 1 amide bonds. The Balaban J connectivity index is 1.87. The van der Waals surface area contributed by atoms with Crippen molar-refractivity contribution in [2.24, 2.45) is 0 Å². The minimum absolute atomic E-state index is 0.216. The summed E-state index contributed by atoms with van der Waals surface area (Å²) in [5.41, 5.74) is 1.52. The van der Waals surface area contributed by atoms with Gasteiger partial charge in [-0.1, -0.05) is 15.9 Å². The number of hydrogen-bond acceptors (Lipinski definition) is 5. The molecular formula is C17H12BrIN6O. The Morgan fingerprint density at radius 3 is 2.81 bits per heavy atom. The van der Waals surface area contributed by atoms with Gasteiger partial charge in [-0.3, -0.25) is 9.78 Å². The largest absolute Gasteiger partial charge is 0.344 e. The number of carbonyl (C=O) groups is 1. The van der Waals surface area contributed by atoms with E-state index in [1.54, 1.807) is 24.5 Å². The summed E-state index contributed by atoms with van der Waals surface area (Å²) in [7, 11) is 0. The van der Waals surface area contributed by atoms with Gasteiger partial charge in [0.15, 0.2) is 5.82 Å². The van der Waals surface area contributed by atoms with Crippen molar-refractivity contribution < 1.29 is 4.79 Å². The highest BCUT2D eigenvalue weighted by Gasteiger charge is 2.19. The van der Waals surface area contributed by atoms with Crippen LogP contribution in [-0.4, -0.2) is 25.7 Å². The van der Waals surface area contributed by atoms with Crippen LogP contribution in [0.1, 0.15) is 34.6 Å². The zero-order valence-electron chi connectivity index (χ0n) is 13.5. The molecule has 0 spiro atoms. The summed E-state index contributed by atoms with van der Waals surface area (Å²) in [6.45, 7) is 1.82. The maximum absolute atomic E-state index is 12.6. The van der Waals surface area contributed by atoms with E-state index < -0.39 is 6.04 Å². The monoisotopic (exact) mass is 522 g/mol. The molecule has 1 atom stereocenters. The van der Waals surface area contributed by atoms with E-state index in [2.05, 4.69) is 58.9 Å². The first-order chi connectivity index (χ1) is 12.5. The van der Waals surface area contributed by atoms with E-state index in [-0.39, 0.29) is 5.91 Å². The zero-order valence-corrected chi connectivity index (χ0v) is 17.3. The van der Waals surface area contributed by atoms with Crippen molar-refractivity contribution in [3.8, 4) is 11.9 Å². The molecule has 0 radical (unpaired) electrons. The van der Waals surface area contributed by atoms with Crippen LogP contribution in [0.25, 0.3) is 5.82 Å². The van der Waals surface area contributed by atoms with Crippen LogP contribution < -0.4 is 5.32 Å². The molecule has 0 aliphatic rings. The van der Waals surface area contributed by atoms with Gasteiger partial charge in [-0.05, 0) is 47.7 Å². The van der Waals surface area contributed by atoms with Crippen LogP contribution in [-0.2, 0) is 0 Å². The topological polar surface area (TPSA) is 96.5 Å². The van der Waals surface area contributed by atoms with Gasteiger partial charge in [0.05, 0.1) is 24.0 Å². The van der Waals surface area contributed by atoms with Crippen molar-refractivity contribution in [2.75, 3.05) is 0 Å². The zero-order chi connectivity index (χ0) is 18.7. The molecule has 2 heterocycles. The summed E-state index contributed by atoms with van der Waals surface area (Å²) in [4.78, 5) is 21.2. The van der Waals surface area contributed by atoms with Crippen LogP contribution in [0.4, 0.5) is 0 Å². The number of nitrogens with zero attached hydrogens (tertiary/aromatic N) is 5. The molecule has 0 fully saturated rings. The fourth-order valence-corrected chi connectivity index (χ4v) is 3.95. The van der Waals surface area contributed by atoms with Crippen LogP contribution in [0.2, 0.25) is 0 Å². The summed E-state index contributed by atoms with van der Waals surface area (Å²) >= 11 is 5.56. The normalized spacial score (nSPS) is 11.6. The lowest BCUT2D eigenvalue weighted by Crippen LogP contribution is -2.28. The highest BCUT2D eigenvalue weighted by atomic mass is 127. The Labute approximate surface area is 171 Å². The van der Waals surface area contributed by atoms with E-state index in [1.165, 1.54) is 17.1 Å². The molecule has 130 valence electrons. The Hall–Kier alpha value is -2.32. The van der Waals surface area contributed by atoms with Crippen molar-refractivity contribution in [2.45, 2.75) is 13.0 Å². The highest BCUT2D eigenvalue weighted by Crippen LogP contribution is 2.20. The van der Waals surface area contributed by atoms with Gasteiger partial charge in [0.2, 0.25) is 0 Å². The first kappa shape index (κ1) is 18.5. The lowest BCUT2D eigenvalue weighted by molar-refractivity contribution is 0.0939. The van der Waals surface area contributed by atoms with Crippen LogP contribution in [0.3, 0.4) is 0 Å². The maximum atomic E-state index is 12.6. The minimum Gasteiger partial charge on any atom is -0.344 e. The SMILES string of the molecule is CC(NC(=O)c1cc(Br)cc(I)c1)c1nccnc1-n1cc(C#N)cn1. The fraction of sp³-hybridized carbons (Fsp3) is 0.118. The molecule has 1 unspecified atom stereocenters. The lowest BCUT2D eigenvalue weighted by atomic mass is 10.1. The Bertz CT molecular complexity index is 992. The summed E-state index contributed by atoms with van der Waals surface area (Å²) in [5.74, 6) is 0.247. The van der Waals surface area contributed by atoms with Gasteiger partial charge in [-0.15, -0.1) is 0 Å². The third kappa shape index (κ3) is 4.08. The number of rotatable bonds is 4. The summed E-state index contributed by atoms with van der Waals surface area (Å²) < 4.78 is 3.27. The molecule has 2 aromatic heterocycles. The van der Waals surface area contributed by atoms with Crippen molar-refractivity contribution >= 4 is 44.4 Å². The maximum Gasteiger partial charge on any atom is 0.251 e. The minimum atomic E-state index is -0.405. The molecule has 0 aliphatic carbocycles. The van der Waals surface area contributed by atoms with E-state index >= 15 is 0 Å². The van der Waals surface area contributed by atoms with E-state index in [9.17, 15) is 4.79 Å². The van der Waals surface area contributed by atoms with Gasteiger partial charge in [0.25, 0.3) is 5.91 Å². The molecule has 0 saturated carbocycles. The molecule has 0 saturated heterocycles. The van der Waals surface area contributed by atoms with Crippen molar-refractivity contribution in [3.63, 3.8) is 0 Å². The fourth-order valence-electron chi connectivity index (χ4n) is 2.35. The predicted molar refractivity (Wildman–Crippen MR) is 107 cm³/mol. The Kier molecular flexibility index (Phi) is 5.63. The van der Waals surface area contributed by atoms with Crippen molar-refractivity contribution in [1.29, 1.82) is 5.26 Å². The lowest BCUT2D eigenvalue weighted by Gasteiger charge is -2.16. The molecule has 9 heteroatoms. The average molecular weight is 523 g/mol. The number of hydrogen-bond donors (Lipinski definition) is 1. The predicted octanol–water partition coefficient (Wildman–Crippen LogP) is 3.39. The third-order valence-corrected chi connectivity index (χ3v) is 4.60. The Morgan fingerprint density at radius 2 is 2.12 bits per heavy atom. The van der Waals surface area contributed by atoms with Crippen molar-refractivity contribution in [1.82, 2.24) is 25.1 Å². The first-order valence-electron chi connectivity index (χ1n) is 7.51. The van der Waals surface area contributed by atoms with E-state index in [1.807, 2.05) is 19.1 Å². The van der Waals surface area contributed by atoms with Gasteiger partial charge in [0.1, 0.15) is 11.8 Å². The number of carbonyl (C=O) groups excluding carboxylic acids is 1. The number of benzene rings is 1. The van der Waals surface area contributed by atoms with E-state index in [0.717, 1.165) is 8.04 Å². The van der Waals surface area contributed by atoms with Crippen LogP contribution in [0.15, 0.2) is 47.5 Å². The Morgan fingerprint density at radius 1 is 1.35 bits per heavy atom. The van der Waals surface area contributed by atoms with Crippen LogP contribution in [0, 0.1) is 14.9 Å². The highest BCUT2D eigenvalue weighted by molar-refractivity contribution is 14.1. The van der Waals surface area contributed by atoms with Gasteiger partial charge >= 0.3 is 0 Å². The van der Waals surface area contributed by atoms with Gasteiger partial charge in [0, 0.05) is 26.0 Å². The number of amides is 1. The quantitative estimate of drug-likeness (QED) is 0.530. The molecule has 1 aromatic carbocycles. The standard InChI is InChI=1S/C17H12BrIN6O/c1-10(24-17(26)12-4-13(18)6-14(19)5-12)15-16(22-3-2-21-15)25-9-11(7-20)8-23-25/h2-6,8-10H,1H3,(H,24,26). The van der Waals surface area contributed by atoms with Gasteiger partial charge < -0.3 is 5.32 Å². The van der Waals surface area contributed by atoms with Crippen LogP contribution in [0.5, 0.6) is 0 Å². The molecule has 0 aliphatic heterocycles. The number of halogens is 2. The summed E-state index contributed by atoms with van der Waals surface area (Å²) in [6, 6.07) is 7.10. The van der Waals surface area contributed by atoms with E-state index in [0.29, 0.717) is 22.6 Å². The van der Waals surface area contributed by atoms with Crippen LogP contribution >= 0.6 is 38.5 Å². The van der Waals surface area contributed by atoms with Gasteiger partial charge in [-0.25, -0.2) is 9.67 Å². The van der Waals surface area contributed by atoms with Gasteiger partial charge in [-0.2, -0.15) is 10.4 Å². The summed E-state index contributed by atoms with van der Waals surface area (Å²) in [6.07, 6.45) is 6.11. The molecule has 26 heavy (non-hydrogen) atoms. The smallest absolute Gasteiger partial charge is 0.251 e. The molecule has 3 rings (SSSR count). The molecule has 1 N–H and O–H groups in total. The molecular weight excluding hydrogens is 511 g/mol. The third-order valence-electron chi connectivity index (χ3n) is 3.52. The number of nitrogens with one attached hydrogen (secondary N) is 1. The molecule has 3 aromatic rings. The first-order valence-corrected chi connectivity index (χ1v) is 9.38. The number of aromatic nitrogens is 4. The van der Waals surface area contributed by atoms with E-state index in [4.69, 9.17) is 5.26 Å². The number of nitriles is 1.